The second kappa shape index (κ2) is 5.87. The van der Waals surface area contributed by atoms with Crippen molar-refractivity contribution in [3.8, 4) is 17.2 Å². The third kappa shape index (κ3) is 3.33. The average molecular weight is 296 g/mol. The zero-order chi connectivity index (χ0) is 15.6. The summed E-state index contributed by atoms with van der Waals surface area (Å²) in [6, 6.07) is 3.33. The molecule has 0 heterocycles. The molecule has 1 aromatic rings. The Kier molecular flexibility index (Phi) is 4.86. The van der Waals surface area contributed by atoms with Crippen molar-refractivity contribution >= 4 is 14.6 Å². The number of benzene rings is 1. The van der Waals surface area contributed by atoms with Gasteiger partial charge in [-0.05, 0) is 30.3 Å². The number of aldehydes is 1. The highest BCUT2D eigenvalue weighted by Crippen LogP contribution is 2.44. The molecule has 20 heavy (non-hydrogen) atoms. The third-order valence-electron chi connectivity index (χ3n) is 3.78. The number of methoxy groups -OCH3 is 2. The lowest BCUT2D eigenvalue weighted by molar-refractivity contribution is 0.112. The van der Waals surface area contributed by atoms with E-state index in [4.69, 9.17) is 13.9 Å². The molecule has 0 amide bonds. The first-order valence-electron chi connectivity index (χ1n) is 6.56. The van der Waals surface area contributed by atoms with Crippen LogP contribution >= 0.6 is 0 Å². The first kappa shape index (κ1) is 16.6. The Morgan fingerprint density at radius 1 is 1.05 bits per heavy atom. The molecule has 0 unspecified atom stereocenters. The predicted molar refractivity (Wildman–Crippen MR) is 82.8 cm³/mol. The summed E-state index contributed by atoms with van der Waals surface area (Å²) in [5.41, 5.74) is 0.501. The first-order valence-corrected chi connectivity index (χ1v) is 9.47. The van der Waals surface area contributed by atoms with Gasteiger partial charge in [0.1, 0.15) is 6.29 Å². The summed E-state index contributed by atoms with van der Waals surface area (Å²) in [5, 5.41) is 0.0619. The van der Waals surface area contributed by atoms with E-state index in [1.807, 2.05) is 0 Å². The van der Waals surface area contributed by atoms with Crippen LogP contribution in [0.4, 0.5) is 0 Å². The van der Waals surface area contributed by atoms with Crippen molar-refractivity contribution < 1.29 is 18.7 Å². The average Bonchev–Trinajstić information content (AvgIpc) is 2.37. The van der Waals surface area contributed by atoms with Gasteiger partial charge < -0.3 is 13.9 Å². The van der Waals surface area contributed by atoms with Gasteiger partial charge in [-0.25, -0.2) is 0 Å². The number of hydrogen-bond acceptors (Lipinski definition) is 4. The number of rotatable bonds is 5. The molecule has 5 heteroatoms. The molecule has 1 aromatic carbocycles. The molecule has 0 aromatic heterocycles. The predicted octanol–water partition coefficient (Wildman–Crippen LogP) is 3.90. The molecule has 4 nitrogen and oxygen atoms in total. The van der Waals surface area contributed by atoms with E-state index < -0.39 is 8.32 Å². The normalized spacial score (nSPS) is 11.9. The monoisotopic (exact) mass is 296 g/mol. The standard InChI is InChI=1S/C15H24O4Si/c1-15(2,3)20(6,7)19-14-12(17-4)8-11(10-16)9-13(14)18-5/h8-10H,1-7H3. The van der Waals surface area contributed by atoms with Gasteiger partial charge in [-0.15, -0.1) is 0 Å². The van der Waals surface area contributed by atoms with Crippen LogP contribution in [0.3, 0.4) is 0 Å². The number of ether oxygens (including phenoxy) is 2. The summed E-state index contributed by atoms with van der Waals surface area (Å²) in [6.45, 7) is 10.8. The molecule has 0 atom stereocenters. The third-order valence-corrected chi connectivity index (χ3v) is 8.11. The molecular formula is C15H24O4Si. The van der Waals surface area contributed by atoms with Crippen LogP contribution in [-0.4, -0.2) is 28.8 Å². The van der Waals surface area contributed by atoms with E-state index in [1.54, 1.807) is 26.4 Å². The van der Waals surface area contributed by atoms with Crippen LogP contribution in [0.2, 0.25) is 18.1 Å². The van der Waals surface area contributed by atoms with Gasteiger partial charge in [0.25, 0.3) is 8.32 Å². The molecule has 112 valence electrons. The zero-order valence-electron chi connectivity index (χ0n) is 13.4. The van der Waals surface area contributed by atoms with Gasteiger partial charge in [-0.2, -0.15) is 0 Å². The van der Waals surface area contributed by atoms with Crippen molar-refractivity contribution in [3.63, 3.8) is 0 Å². The fraction of sp³-hybridized carbons (Fsp3) is 0.533. The Labute approximate surface area is 122 Å². The SMILES string of the molecule is COc1cc(C=O)cc(OC)c1O[Si](C)(C)C(C)(C)C. The van der Waals surface area contributed by atoms with Gasteiger partial charge >= 0.3 is 0 Å². The van der Waals surface area contributed by atoms with Crippen LogP contribution < -0.4 is 13.9 Å². The Morgan fingerprint density at radius 2 is 1.50 bits per heavy atom. The van der Waals surface area contributed by atoms with Crippen molar-refractivity contribution in [1.82, 2.24) is 0 Å². The smallest absolute Gasteiger partial charge is 0.250 e. The molecule has 0 spiro atoms. The molecule has 0 aliphatic carbocycles. The van der Waals surface area contributed by atoms with E-state index in [-0.39, 0.29) is 5.04 Å². The molecule has 0 N–H and O–H groups in total. The van der Waals surface area contributed by atoms with Crippen LogP contribution in [0.1, 0.15) is 31.1 Å². The summed E-state index contributed by atoms with van der Waals surface area (Å²) in [4.78, 5) is 11.0. The Balaban J connectivity index is 3.33. The minimum Gasteiger partial charge on any atom is -0.539 e. The van der Waals surface area contributed by atoms with Gasteiger partial charge in [-0.1, -0.05) is 20.8 Å². The van der Waals surface area contributed by atoms with E-state index >= 15 is 0 Å². The minimum absolute atomic E-state index is 0.0619. The summed E-state index contributed by atoms with van der Waals surface area (Å²) in [7, 11) is 1.10. The number of carbonyl (C=O) groups excluding carboxylic acids is 1. The Hall–Kier alpha value is -1.49. The van der Waals surface area contributed by atoms with Gasteiger partial charge in [0, 0.05) is 5.56 Å². The van der Waals surface area contributed by atoms with Crippen molar-refractivity contribution in [1.29, 1.82) is 0 Å². The lowest BCUT2D eigenvalue weighted by atomic mass is 10.2. The van der Waals surface area contributed by atoms with Crippen LogP contribution in [0.5, 0.6) is 17.2 Å². The molecule has 0 aliphatic heterocycles. The van der Waals surface area contributed by atoms with Crippen LogP contribution in [-0.2, 0) is 0 Å². The van der Waals surface area contributed by atoms with Crippen molar-refractivity contribution in [2.24, 2.45) is 0 Å². The summed E-state index contributed by atoms with van der Waals surface area (Å²) >= 11 is 0. The topological polar surface area (TPSA) is 44.8 Å². The maximum atomic E-state index is 11.0. The van der Waals surface area contributed by atoms with E-state index in [9.17, 15) is 4.79 Å². The Morgan fingerprint density at radius 3 is 1.80 bits per heavy atom. The van der Waals surface area contributed by atoms with E-state index in [2.05, 4.69) is 33.9 Å². The van der Waals surface area contributed by atoms with Crippen LogP contribution in [0.15, 0.2) is 12.1 Å². The highest BCUT2D eigenvalue weighted by molar-refractivity contribution is 6.74. The van der Waals surface area contributed by atoms with E-state index in [0.717, 1.165) is 6.29 Å². The lowest BCUT2D eigenvalue weighted by Gasteiger charge is -2.37. The minimum atomic E-state index is -2.02. The van der Waals surface area contributed by atoms with Crippen molar-refractivity contribution in [2.75, 3.05) is 14.2 Å². The van der Waals surface area contributed by atoms with Crippen LogP contribution in [0.25, 0.3) is 0 Å². The molecule has 1 rings (SSSR count). The number of hydrogen-bond donors (Lipinski definition) is 0. The highest BCUT2D eigenvalue weighted by Gasteiger charge is 2.40. The second-order valence-corrected chi connectivity index (χ2v) is 11.0. The maximum Gasteiger partial charge on any atom is 0.250 e. The van der Waals surface area contributed by atoms with Gasteiger partial charge in [-0.3, -0.25) is 4.79 Å². The quantitative estimate of drug-likeness (QED) is 0.610. The second-order valence-electron chi connectivity index (χ2n) is 6.23. The fourth-order valence-electron chi connectivity index (χ4n) is 1.48. The van der Waals surface area contributed by atoms with E-state index in [1.165, 1.54) is 0 Å². The number of carbonyl (C=O) groups is 1. The van der Waals surface area contributed by atoms with Crippen molar-refractivity contribution in [2.45, 2.75) is 38.9 Å². The fourth-order valence-corrected chi connectivity index (χ4v) is 2.49. The molecular weight excluding hydrogens is 272 g/mol. The molecule has 0 aliphatic rings. The summed E-state index contributed by atoms with van der Waals surface area (Å²) in [6.07, 6.45) is 0.765. The largest absolute Gasteiger partial charge is 0.539 e. The van der Waals surface area contributed by atoms with Gasteiger partial charge in [0.2, 0.25) is 0 Å². The van der Waals surface area contributed by atoms with Crippen LogP contribution in [0, 0.1) is 0 Å². The lowest BCUT2D eigenvalue weighted by Crippen LogP contribution is -2.44. The highest BCUT2D eigenvalue weighted by atomic mass is 28.4. The summed E-state index contributed by atoms with van der Waals surface area (Å²) < 4.78 is 17.0. The molecule has 0 radical (unpaired) electrons. The molecule has 0 saturated carbocycles. The van der Waals surface area contributed by atoms with Gasteiger partial charge in [0.15, 0.2) is 17.2 Å². The molecule has 0 saturated heterocycles. The zero-order valence-corrected chi connectivity index (χ0v) is 14.4. The Bertz CT molecular complexity index is 464. The van der Waals surface area contributed by atoms with Crippen molar-refractivity contribution in [3.05, 3.63) is 17.7 Å². The molecule has 0 bridgehead atoms. The van der Waals surface area contributed by atoms with Gasteiger partial charge in [0.05, 0.1) is 14.2 Å². The first-order chi connectivity index (χ1) is 9.16. The summed E-state index contributed by atoms with van der Waals surface area (Å²) in [5.74, 6) is 1.62. The molecule has 0 fully saturated rings. The maximum absolute atomic E-state index is 11.0. The van der Waals surface area contributed by atoms with E-state index in [0.29, 0.717) is 22.8 Å².